The van der Waals surface area contributed by atoms with Crippen molar-refractivity contribution in [1.29, 1.82) is 0 Å². The molecular formula is C20H26FeO2. The third-order valence-electron chi connectivity index (χ3n) is 3.21. The van der Waals surface area contributed by atoms with Crippen molar-refractivity contribution in [3.63, 3.8) is 0 Å². The second kappa shape index (κ2) is 8.42. The Morgan fingerprint density at radius 1 is 0.609 bits per heavy atom. The maximum atomic E-state index is 11.5. The fourth-order valence-electron chi connectivity index (χ4n) is 1.92. The minimum absolute atomic E-state index is 0. The van der Waals surface area contributed by atoms with E-state index in [1.165, 1.54) is 0 Å². The summed E-state index contributed by atoms with van der Waals surface area (Å²) in [4.78, 5) is 0. The van der Waals surface area contributed by atoms with Crippen LogP contribution < -0.4 is 10.2 Å². The van der Waals surface area contributed by atoms with E-state index in [0.717, 1.165) is 11.1 Å². The maximum Gasteiger partial charge on any atom is 2.00 e. The normalized spacial score (nSPS) is 15.4. The van der Waals surface area contributed by atoms with Crippen LogP contribution in [0.5, 0.6) is 0 Å². The largest absolute Gasteiger partial charge is 2.00 e. The molecule has 0 N–H and O–H groups in total. The molecule has 0 fully saturated rings. The van der Waals surface area contributed by atoms with Gasteiger partial charge in [0.1, 0.15) is 0 Å². The monoisotopic (exact) mass is 354 g/mol. The molecule has 0 aromatic carbocycles. The Kier molecular flexibility index (Phi) is 7.89. The number of rotatable bonds is 0. The second-order valence-electron chi connectivity index (χ2n) is 7.51. The van der Waals surface area contributed by atoms with Gasteiger partial charge in [0.05, 0.1) is 0 Å². The Balaban J connectivity index is 0.000000403. The van der Waals surface area contributed by atoms with Gasteiger partial charge in [0, 0.05) is 0 Å². The van der Waals surface area contributed by atoms with Crippen molar-refractivity contribution >= 4 is 0 Å². The second-order valence-corrected chi connectivity index (χ2v) is 7.51. The molecule has 0 saturated heterocycles. The molecule has 2 rings (SSSR count). The van der Waals surface area contributed by atoms with E-state index >= 15 is 0 Å². The molecule has 0 heterocycles. The van der Waals surface area contributed by atoms with Gasteiger partial charge in [-0.05, 0) is 22.0 Å². The molecule has 23 heavy (non-hydrogen) atoms. The van der Waals surface area contributed by atoms with Crippen LogP contribution in [0.25, 0.3) is 0 Å². The molecule has 0 saturated carbocycles. The van der Waals surface area contributed by atoms with Crippen molar-refractivity contribution in [2.45, 2.75) is 41.5 Å². The topological polar surface area (TPSA) is 46.1 Å². The molecule has 0 bridgehead atoms. The Hall–Kier alpha value is -1.44. The molecule has 3 heteroatoms. The summed E-state index contributed by atoms with van der Waals surface area (Å²) in [6, 6.07) is 0. The summed E-state index contributed by atoms with van der Waals surface area (Å²) >= 11 is 0. The van der Waals surface area contributed by atoms with Crippen LogP contribution in [0.4, 0.5) is 0 Å². The van der Waals surface area contributed by atoms with E-state index in [1.807, 2.05) is 90.2 Å². The zero-order chi connectivity index (χ0) is 17.0. The van der Waals surface area contributed by atoms with Crippen molar-refractivity contribution in [2.24, 2.45) is 10.8 Å². The van der Waals surface area contributed by atoms with Gasteiger partial charge in [0.15, 0.2) is 0 Å². The predicted octanol–water partition coefficient (Wildman–Crippen LogP) is 3.54. The molecule has 2 nitrogen and oxygen atoms in total. The van der Waals surface area contributed by atoms with Crippen molar-refractivity contribution in [1.82, 2.24) is 0 Å². The fraction of sp³-hybridized carbons (Fsp3) is 0.400. The summed E-state index contributed by atoms with van der Waals surface area (Å²) < 4.78 is 0. The minimum Gasteiger partial charge on any atom is -0.875 e. The molecule has 2 aliphatic rings. The molecule has 0 aromatic heterocycles. The van der Waals surface area contributed by atoms with Gasteiger partial charge < -0.3 is 10.2 Å². The van der Waals surface area contributed by atoms with Gasteiger partial charge in [0.2, 0.25) is 0 Å². The van der Waals surface area contributed by atoms with E-state index in [-0.39, 0.29) is 39.4 Å². The maximum absolute atomic E-state index is 11.5. The van der Waals surface area contributed by atoms with Gasteiger partial charge in [-0.3, -0.25) is 0 Å². The first-order valence-corrected chi connectivity index (χ1v) is 7.56. The SMILES string of the molecule is CC(C)(C)C([O-])=C1C=CC=C1.CC(C)(C)C([O-])=C1C=CC=C1.[Fe+2]. The molecular weight excluding hydrogens is 328 g/mol. The van der Waals surface area contributed by atoms with E-state index in [2.05, 4.69) is 0 Å². The average molecular weight is 354 g/mol. The smallest absolute Gasteiger partial charge is 0.875 e. The molecule has 0 radical (unpaired) electrons. The molecule has 0 aliphatic heterocycles. The third-order valence-corrected chi connectivity index (χ3v) is 3.21. The third kappa shape index (κ3) is 6.68. The van der Waals surface area contributed by atoms with E-state index < -0.39 is 0 Å². The molecule has 0 atom stereocenters. The Labute approximate surface area is 151 Å². The number of hydrogen-bond acceptors (Lipinski definition) is 2. The van der Waals surface area contributed by atoms with Gasteiger partial charge in [-0.25, -0.2) is 0 Å². The Morgan fingerprint density at radius 3 is 1.00 bits per heavy atom. The summed E-state index contributed by atoms with van der Waals surface area (Å²) in [6.45, 7) is 11.6. The van der Waals surface area contributed by atoms with Gasteiger partial charge in [-0.15, -0.1) is 11.5 Å². The molecule has 0 unspecified atom stereocenters. The standard InChI is InChI=1S/2C10H14O.Fe/c2*1-10(2,3)9(11)8-6-4-5-7-8;/h2*4-7,11H,1-3H3;/q;;+2/p-2. The summed E-state index contributed by atoms with van der Waals surface area (Å²) in [6.07, 6.45) is 15.0. The summed E-state index contributed by atoms with van der Waals surface area (Å²) in [5, 5.41) is 23.1. The zero-order valence-electron chi connectivity index (χ0n) is 14.8. The summed E-state index contributed by atoms with van der Waals surface area (Å²) in [5.74, 6) is 0.421. The van der Waals surface area contributed by atoms with E-state index in [1.54, 1.807) is 0 Å². The first-order valence-electron chi connectivity index (χ1n) is 7.56. The summed E-state index contributed by atoms with van der Waals surface area (Å²) in [7, 11) is 0. The van der Waals surface area contributed by atoms with Gasteiger partial charge in [-0.1, -0.05) is 90.2 Å². The predicted molar refractivity (Wildman–Crippen MR) is 89.5 cm³/mol. The zero-order valence-corrected chi connectivity index (χ0v) is 15.9. The fourth-order valence-corrected chi connectivity index (χ4v) is 1.92. The molecule has 2 aliphatic carbocycles. The van der Waals surface area contributed by atoms with Crippen LogP contribution in [0.1, 0.15) is 41.5 Å². The van der Waals surface area contributed by atoms with Crippen LogP contribution in [0.3, 0.4) is 0 Å². The minimum atomic E-state index is -0.256. The van der Waals surface area contributed by atoms with Crippen molar-refractivity contribution in [2.75, 3.05) is 0 Å². The van der Waals surface area contributed by atoms with E-state index in [0.29, 0.717) is 0 Å². The average Bonchev–Trinajstić information content (AvgIpc) is 3.08. The Bertz CT molecular complexity index is 504. The van der Waals surface area contributed by atoms with Crippen molar-refractivity contribution in [3.05, 3.63) is 71.3 Å². The van der Waals surface area contributed by atoms with Gasteiger partial charge in [0.25, 0.3) is 0 Å². The molecule has 0 aromatic rings. The summed E-state index contributed by atoms with van der Waals surface area (Å²) in [5.41, 5.74) is 1.12. The molecule has 0 amide bonds. The van der Waals surface area contributed by atoms with Crippen LogP contribution >= 0.6 is 0 Å². The van der Waals surface area contributed by atoms with Gasteiger partial charge >= 0.3 is 17.1 Å². The van der Waals surface area contributed by atoms with Crippen molar-refractivity contribution < 1.29 is 27.3 Å². The van der Waals surface area contributed by atoms with Crippen molar-refractivity contribution in [3.8, 4) is 0 Å². The van der Waals surface area contributed by atoms with Crippen LogP contribution in [0.2, 0.25) is 0 Å². The van der Waals surface area contributed by atoms with Crippen LogP contribution in [0, 0.1) is 10.8 Å². The first-order chi connectivity index (χ1) is 10.0. The van der Waals surface area contributed by atoms with Crippen LogP contribution in [-0.4, -0.2) is 0 Å². The number of allylic oxidation sites excluding steroid dienone is 12. The van der Waals surface area contributed by atoms with Crippen LogP contribution in [-0.2, 0) is 17.1 Å². The van der Waals surface area contributed by atoms with E-state index in [4.69, 9.17) is 0 Å². The first kappa shape index (κ1) is 21.6. The Morgan fingerprint density at radius 2 is 0.826 bits per heavy atom. The van der Waals surface area contributed by atoms with E-state index in [9.17, 15) is 10.2 Å². The van der Waals surface area contributed by atoms with Crippen LogP contribution in [0.15, 0.2) is 71.3 Å². The quantitative estimate of drug-likeness (QED) is 0.493. The number of hydrogen-bond donors (Lipinski definition) is 0. The molecule has 0 spiro atoms. The molecule has 126 valence electrons. The van der Waals surface area contributed by atoms with Gasteiger partial charge in [-0.2, -0.15) is 0 Å².